The van der Waals surface area contributed by atoms with Gasteiger partial charge in [0.1, 0.15) is 22.8 Å². The Labute approximate surface area is 214 Å². The molecule has 0 fully saturated rings. The van der Waals surface area contributed by atoms with Crippen molar-refractivity contribution in [1.82, 2.24) is 0 Å². The van der Waals surface area contributed by atoms with Crippen molar-refractivity contribution in [3.05, 3.63) is 45.4 Å². The molecule has 10 nitrogen and oxygen atoms in total. The predicted octanol–water partition coefficient (Wildman–Crippen LogP) is 2.27. The molecule has 4 rings (SSSR count). The number of amides is 1. The van der Waals surface area contributed by atoms with E-state index in [1.807, 2.05) is 20.8 Å². The van der Waals surface area contributed by atoms with Gasteiger partial charge in [-0.05, 0) is 35.8 Å². The smallest absolute Gasteiger partial charge is 0.255 e. The summed E-state index contributed by atoms with van der Waals surface area (Å²) >= 11 is 0. The number of nitrogens with zero attached hydrogens (tertiary/aromatic N) is 1. The number of aliphatic hydroxyl groups excluding tert-OH is 2. The van der Waals surface area contributed by atoms with E-state index < -0.39 is 57.8 Å². The number of ketones is 3. The second-order valence-corrected chi connectivity index (χ2v) is 11.6. The van der Waals surface area contributed by atoms with E-state index in [9.17, 15) is 39.6 Å². The van der Waals surface area contributed by atoms with Crippen molar-refractivity contribution in [2.75, 3.05) is 19.0 Å². The zero-order valence-corrected chi connectivity index (χ0v) is 21.5. The quantitative estimate of drug-likeness (QED) is 0.299. The Morgan fingerprint density at radius 2 is 1.76 bits per heavy atom. The molecule has 0 saturated carbocycles. The number of carbonyl (C=O) groups is 4. The highest BCUT2D eigenvalue weighted by Gasteiger charge is 2.59. The molecule has 3 aliphatic carbocycles. The molecular weight excluding hydrogens is 480 g/mol. The standard InChI is InChI=1S/C27H32N2O8/c1-26(2,3)10-17(31)14-9-15(29(4)5)13-7-11-6-12-8-16(30)20(25(28)36)24(35)27(12,37)23(34)18(11)22(33)19(13)21(14)32/h9,11-12,30,32,34,37H,6-8,10H2,1-5H3,(H2,28,36)/t11-,12?,27+/m1/s1. The second kappa shape index (κ2) is 8.44. The molecule has 1 amide bonds. The zero-order valence-electron chi connectivity index (χ0n) is 21.5. The van der Waals surface area contributed by atoms with Crippen LogP contribution in [0.2, 0.25) is 0 Å². The van der Waals surface area contributed by atoms with Gasteiger partial charge in [0.2, 0.25) is 5.78 Å². The van der Waals surface area contributed by atoms with Crippen LogP contribution in [-0.2, 0) is 16.0 Å². The fourth-order valence-electron chi connectivity index (χ4n) is 5.86. The van der Waals surface area contributed by atoms with Crippen LogP contribution in [0.4, 0.5) is 5.69 Å². The lowest BCUT2D eigenvalue weighted by molar-refractivity contribution is -0.144. The summed E-state index contributed by atoms with van der Waals surface area (Å²) in [4.78, 5) is 53.5. The van der Waals surface area contributed by atoms with Gasteiger partial charge in [0.25, 0.3) is 5.91 Å². The molecular formula is C27H32N2O8. The van der Waals surface area contributed by atoms with Crippen LogP contribution < -0.4 is 10.6 Å². The van der Waals surface area contributed by atoms with Crippen LogP contribution in [0.1, 0.15) is 66.3 Å². The van der Waals surface area contributed by atoms with Gasteiger partial charge in [0.15, 0.2) is 17.2 Å². The third-order valence-electron chi connectivity index (χ3n) is 7.51. The number of phenolic OH excluding ortho intramolecular Hbond substituents is 1. The molecule has 0 saturated heterocycles. The van der Waals surface area contributed by atoms with Crippen molar-refractivity contribution < 1.29 is 39.6 Å². The number of hydrogen-bond donors (Lipinski definition) is 5. The Balaban J connectivity index is 1.92. The highest BCUT2D eigenvalue weighted by molar-refractivity contribution is 6.24. The minimum atomic E-state index is -2.63. The SMILES string of the molecule is CN(C)c1cc(C(=O)CC(C)(C)C)c(O)c2c1C[C@H]1CC3CC(O)=C(C(N)=O)C(=O)[C@@]3(O)C(O)=C1C2=O. The molecule has 0 aromatic heterocycles. The Bertz CT molecular complexity index is 1330. The van der Waals surface area contributed by atoms with Crippen molar-refractivity contribution >= 4 is 28.9 Å². The number of Topliss-reactive ketones (excluding diaryl/α,β-unsaturated/α-hetero) is 3. The maximum atomic E-state index is 13.8. The molecule has 0 radical (unpaired) electrons. The summed E-state index contributed by atoms with van der Waals surface area (Å²) in [5, 5.41) is 44.0. The minimum Gasteiger partial charge on any atom is -0.511 e. The molecule has 0 aliphatic heterocycles. The monoisotopic (exact) mass is 512 g/mol. The van der Waals surface area contributed by atoms with Gasteiger partial charge in [-0.3, -0.25) is 19.2 Å². The number of fused-ring (bicyclic) bond motifs is 3. The van der Waals surface area contributed by atoms with Crippen LogP contribution in [-0.4, -0.2) is 63.4 Å². The van der Waals surface area contributed by atoms with Crippen molar-refractivity contribution in [3.63, 3.8) is 0 Å². The molecule has 198 valence electrons. The van der Waals surface area contributed by atoms with E-state index in [2.05, 4.69) is 0 Å². The molecule has 1 unspecified atom stereocenters. The summed E-state index contributed by atoms with van der Waals surface area (Å²) in [5.41, 5.74) is 1.97. The fraction of sp³-hybridized carbons (Fsp3) is 0.481. The first-order chi connectivity index (χ1) is 17.0. The molecule has 6 N–H and O–H groups in total. The first kappa shape index (κ1) is 26.4. The molecule has 0 spiro atoms. The van der Waals surface area contributed by atoms with Crippen molar-refractivity contribution in [3.8, 4) is 5.75 Å². The number of primary amides is 1. The number of hydrogen-bond acceptors (Lipinski definition) is 9. The van der Waals surface area contributed by atoms with Crippen LogP contribution in [0.5, 0.6) is 5.75 Å². The van der Waals surface area contributed by atoms with E-state index >= 15 is 0 Å². The van der Waals surface area contributed by atoms with Gasteiger partial charge in [-0.25, -0.2) is 0 Å². The molecule has 10 heteroatoms. The number of carbonyl (C=O) groups excluding carboxylic acids is 4. The Hall–Kier alpha value is -3.66. The number of phenols is 1. The van der Waals surface area contributed by atoms with Crippen LogP contribution in [0.25, 0.3) is 0 Å². The third-order valence-corrected chi connectivity index (χ3v) is 7.51. The molecule has 0 heterocycles. The third kappa shape index (κ3) is 3.90. The predicted molar refractivity (Wildman–Crippen MR) is 134 cm³/mol. The number of allylic oxidation sites excluding steroid dienone is 2. The molecule has 37 heavy (non-hydrogen) atoms. The highest BCUT2D eigenvalue weighted by atomic mass is 16.3. The number of rotatable bonds is 4. The Morgan fingerprint density at radius 3 is 2.30 bits per heavy atom. The van der Waals surface area contributed by atoms with E-state index in [1.165, 1.54) is 0 Å². The lowest BCUT2D eigenvalue weighted by Crippen LogP contribution is -2.57. The topological polar surface area (TPSA) is 178 Å². The van der Waals surface area contributed by atoms with E-state index in [-0.39, 0.29) is 53.6 Å². The van der Waals surface area contributed by atoms with Gasteiger partial charge in [-0.2, -0.15) is 0 Å². The second-order valence-electron chi connectivity index (χ2n) is 11.6. The van der Waals surface area contributed by atoms with Crippen molar-refractivity contribution in [1.29, 1.82) is 0 Å². The summed E-state index contributed by atoms with van der Waals surface area (Å²) < 4.78 is 0. The number of aliphatic hydroxyl groups is 3. The molecule has 1 aromatic rings. The number of benzene rings is 1. The van der Waals surface area contributed by atoms with Gasteiger partial charge >= 0.3 is 0 Å². The first-order valence-electron chi connectivity index (χ1n) is 12.1. The van der Waals surface area contributed by atoms with Gasteiger partial charge in [0, 0.05) is 44.1 Å². The van der Waals surface area contributed by atoms with Crippen LogP contribution in [0, 0.1) is 17.3 Å². The van der Waals surface area contributed by atoms with Crippen molar-refractivity contribution in [2.24, 2.45) is 23.0 Å². The average Bonchev–Trinajstić information content (AvgIpc) is 2.74. The van der Waals surface area contributed by atoms with Gasteiger partial charge in [-0.15, -0.1) is 0 Å². The van der Waals surface area contributed by atoms with Gasteiger partial charge in [-0.1, -0.05) is 20.8 Å². The summed E-state index contributed by atoms with van der Waals surface area (Å²) in [5.74, 6) is -7.36. The number of anilines is 1. The Kier molecular flexibility index (Phi) is 6.02. The molecule has 3 atom stereocenters. The lowest BCUT2D eigenvalue weighted by Gasteiger charge is -2.46. The van der Waals surface area contributed by atoms with E-state index in [0.29, 0.717) is 11.3 Å². The number of aromatic hydroxyl groups is 1. The molecule has 1 aromatic carbocycles. The van der Waals surface area contributed by atoms with Crippen LogP contribution in [0.3, 0.4) is 0 Å². The first-order valence-corrected chi connectivity index (χ1v) is 12.1. The maximum Gasteiger partial charge on any atom is 0.255 e. The van der Waals surface area contributed by atoms with Crippen LogP contribution in [0.15, 0.2) is 28.7 Å². The minimum absolute atomic E-state index is 0.0331. The van der Waals surface area contributed by atoms with Crippen molar-refractivity contribution in [2.45, 2.75) is 52.1 Å². The zero-order chi connectivity index (χ0) is 27.8. The number of nitrogens with two attached hydrogens (primary N) is 1. The van der Waals surface area contributed by atoms with E-state index in [0.717, 1.165) is 0 Å². The lowest BCUT2D eigenvalue weighted by atomic mass is 9.60. The van der Waals surface area contributed by atoms with Crippen LogP contribution >= 0.6 is 0 Å². The molecule has 0 bridgehead atoms. The largest absolute Gasteiger partial charge is 0.511 e. The summed E-state index contributed by atoms with van der Waals surface area (Å²) in [6.45, 7) is 5.62. The normalized spacial score (nSPS) is 25.5. The van der Waals surface area contributed by atoms with E-state index in [1.54, 1.807) is 25.1 Å². The van der Waals surface area contributed by atoms with Gasteiger partial charge in [0.05, 0.1) is 11.1 Å². The fourth-order valence-corrected chi connectivity index (χ4v) is 5.86. The summed E-state index contributed by atoms with van der Waals surface area (Å²) in [6.07, 6.45) is 0.0323. The summed E-state index contributed by atoms with van der Waals surface area (Å²) in [6, 6.07) is 1.56. The summed E-state index contributed by atoms with van der Waals surface area (Å²) in [7, 11) is 3.48. The maximum absolute atomic E-state index is 13.8. The average molecular weight is 513 g/mol. The molecule has 3 aliphatic rings. The Morgan fingerprint density at radius 1 is 1.14 bits per heavy atom. The van der Waals surface area contributed by atoms with Gasteiger partial charge < -0.3 is 31.1 Å². The highest BCUT2D eigenvalue weighted by Crippen LogP contribution is 2.52. The van der Waals surface area contributed by atoms with E-state index in [4.69, 9.17) is 5.73 Å².